The van der Waals surface area contributed by atoms with E-state index in [2.05, 4.69) is 74.7 Å². The summed E-state index contributed by atoms with van der Waals surface area (Å²) < 4.78 is 5.84. The smallest absolute Gasteiger partial charge is 0.274 e. The lowest BCUT2D eigenvalue weighted by Crippen LogP contribution is -2.40. The van der Waals surface area contributed by atoms with Gasteiger partial charge in [0.2, 0.25) is 0 Å². The highest BCUT2D eigenvalue weighted by Crippen LogP contribution is 2.43. The van der Waals surface area contributed by atoms with Gasteiger partial charge >= 0.3 is 0 Å². The van der Waals surface area contributed by atoms with E-state index in [1.807, 2.05) is 30.3 Å². The molecule has 1 aliphatic carbocycles. The monoisotopic (exact) mass is 537 g/mol. The molecule has 0 bridgehead atoms. The summed E-state index contributed by atoms with van der Waals surface area (Å²) in [6.07, 6.45) is 13.3. The van der Waals surface area contributed by atoms with Crippen LogP contribution in [0.25, 0.3) is 0 Å². The van der Waals surface area contributed by atoms with Gasteiger partial charge in [0.15, 0.2) is 0 Å². The largest absolute Gasteiger partial charge is 0.494 e. The molecule has 1 unspecified atom stereocenters. The number of hydrazone groups is 1. The van der Waals surface area contributed by atoms with Gasteiger partial charge in [-0.1, -0.05) is 50.3 Å². The summed E-state index contributed by atoms with van der Waals surface area (Å²) in [5.74, 6) is 3.58. The van der Waals surface area contributed by atoms with Gasteiger partial charge in [-0.2, -0.15) is 10.1 Å². The van der Waals surface area contributed by atoms with Crippen molar-refractivity contribution in [3.63, 3.8) is 0 Å². The lowest BCUT2D eigenvalue weighted by atomic mass is 9.66. The van der Waals surface area contributed by atoms with Crippen LogP contribution in [0.4, 0.5) is 5.69 Å². The summed E-state index contributed by atoms with van der Waals surface area (Å²) in [4.78, 5) is 13.0. The molecule has 2 aromatic carbocycles. The minimum absolute atomic E-state index is 0.129. The van der Waals surface area contributed by atoms with Crippen LogP contribution < -0.4 is 15.4 Å². The third kappa shape index (κ3) is 6.44. The Balaban J connectivity index is 1.16. The second kappa shape index (κ2) is 12.1. The molecule has 0 radical (unpaired) electrons. The minimum atomic E-state index is -0.145. The molecule has 2 aromatic rings. The van der Waals surface area contributed by atoms with Gasteiger partial charge in [-0.25, -0.2) is 0 Å². The van der Waals surface area contributed by atoms with Crippen molar-refractivity contribution in [2.75, 3.05) is 18.5 Å². The number of hydrogen-bond acceptors (Lipinski definition) is 5. The maximum atomic E-state index is 13.0. The molecule has 6 heteroatoms. The van der Waals surface area contributed by atoms with E-state index in [4.69, 9.17) is 9.84 Å². The van der Waals surface area contributed by atoms with Gasteiger partial charge in [0.05, 0.1) is 44.0 Å². The Kier molecular flexibility index (Phi) is 8.34. The predicted octanol–water partition coefficient (Wildman–Crippen LogP) is 7.08. The zero-order chi connectivity index (χ0) is 28.1. The first-order valence-corrected chi connectivity index (χ1v) is 14.4. The number of hydrogen-bond donors (Lipinski definition) is 2. The van der Waals surface area contributed by atoms with Gasteiger partial charge in [-0.05, 0) is 66.6 Å². The van der Waals surface area contributed by atoms with Crippen molar-refractivity contribution in [1.82, 2.24) is 10.3 Å². The number of ether oxygens (including phenoxy) is 1. The van der Waals surface area contributed by atoms with Gasteiger partial charge in [-0.15, -0.1) is 0 Å². The number of nitrogens with one attached hydrogen (secondary N) is 2. The van der Waals surface area contributed by atoms with Gasteiger partial charge in [0.1, 0.15) is 18.0 Å². The molecule has 0 saturated heterocycles. The van der Waals surface area contributed by atoms with Crippen LogP contribution in [0, 0.1) is 11.8 Å². The fourth-order valence-corrected chi connectivity index (χ4v) is 5.47. The number of carbonyl (C=O) groups is 1. The van der Waals surface area contributed by atoms with Crippen molar-refractivity contribution in [2.45, 2.75) is 65.2 Å². The molecule has 2 N–H and O–H groups in total. The van der Waals surface area contributed by atoms with Crippen LogP contribution in [0.15, 0.2) is 89.5 Å². The SMILES string of the molecule is C[C+](C)CC1(c2ccc(C3=NN4C(=O)C=C(CNc5ccc(OCCCC(C)C)cc5)NC4=CC3)cc2)C=CC1. The van der Waals surface area contributed by atoms with Gasteiger partial charge in [0, 0.05) is 23.9 Å². The van der Waals surface area contributed by atoms with Gasteiger partial charge < -0.3 is 15.4 Å². The Morgan fingerprint density at radius 2 is 1.88 bits per heavy atom. The summed E-state index contributed by atoms with van der Waals surface area (Å²) in [5.41, 5.74) is 5.19. The molecule has 208 valence electrons. The fourth-order valence-electron chi connectivity index (χ4n) is 5.47. The normalized spacial score (nSPS) is 19.7. The fraction of sp³-hybridized carbons (Fsp3) is 0.382. The number of anilines is 1. The maximum Gasteiger partial charge on any atom is 0.274 e. The highest BCUT2D eigenvalue weighted by atomic mass is 16.5. The van der Waals surface area contributed by atoms with Gasteiger partial charge in [0.25, 0.3) is 5.91 Å². The molecule has 1 amide bonds. The Bertz CT molecular complexity index is 1320. The molecule has 3 aliphatic rings. The average Bonchev–Trinajstić information content (AvgIpc) is 2.92. The summed E-state index contributed by atoms with van der Waals surface area (Å²) in [6.45, 7) is 10.1. The van der Waals surface area contributed by atoms with E-state index in [0.29, 0.717) is 24.7 Å². The molecule has 0 aromatic heterocycles. The van der Waals surface area contributed by atoms with Crippen LogP contribution >= 0.6 is 0 Å². The second-order valence-electron chi connectivity index (χ2n) is 11.8. The van der Waals surface area contributed by atoms with Crippen molar-refractivity contribution in [3.05, 3.63) is 101 Å². The van der Waals surface area contributed by atoms with Crippen molar-refractivity contribution >= 4 is 17.3 Å². The molecule has 2 heterocycles. The molecule has 6 nitrogen and oxygen atoms in total. The number of carbonyl (C=O) groups excluding carboxylic acids is 1. The Morgan fingerprint density at radius 1 is 1.12 bits per heavy atom. The molecule has 0 saturated carbocycles. The highest BCUT2D eigenvalue weighted by Gasteiger charge is 2.38. The van der Waals surface area contributed by atoms with E-state index in [1.54, 1.807) is 6.08 Å². The van der Waals surface area contributed by atoms with Crippen LogP contribution in [0.5, 0.6) is 5.75 Å². The third-order valence-corrected chi connectivity index (χ3v) is 7.65. The molecule has 40 heavy (non-hydrogen) atoms. The zero-order valence-electron chi connectivity index (χ0n) is 24.2. The topological polar surface area (TPSA) is 66.0 Å². The first-order chi connectivity index (χ1) is 19.3. The first-order valence-electron chi connectivity index (χ1n) is 14.4. The number of rotatable bonds is 12. The number of amides is 1. The number of fused-ring (bicyclic) bond motifs is 1. The van der Waals surface area contributed by atoms with E-state index in [9.17, 15) is 4.79 Å². The Hall–Kier alpha value is -3.93. The van der Waals surface area contributed by atoms with Crippen LogP contribution in [0.1, 0.15) is 70.9 Å². The summed E-state index contributed by atoms with van der Waals surface area (Å²) in [7, 11) is 0. The molecule has 2 aliphatic heterocycles. The minimum Gasteiger partial charge on any atom is -0.494 e. The standard InChI is InChI=1S/C34H40N4O2/c1-24(2)7-5-20-40-30-14-12-28(13-15-30)35-23-29-21-33(39)38-32(36-29)17-16-31(37-38)26-8-10-27(11-9-26)34(18-6-19-34)22-25(3)4/h6,8-15,17-18,21,24,35H,5,7,16,19-20,22-23H2,1-4H3/p+1. The van der Waals surface area contributed by atoms with Crippen LogP contribution in [-0.2, 0) is 10.2 Å². The highest BCUT2D eigenvalue weighted by molar-refractivity contribution is 6.04. The number of allylic oxidation sites excluding steroid dienone is 3. The summed E-state index contributed by atoms with van der Waals surface area (Å²) >= 11 is 0. The lowest BCUT2D eigenvalue weighted by Gasteiger charge is -2.34. The Morgan fingerprint density at radius 3 is 2.52 bits per heavy atom. The van der Waals surface area contributed by atoms with Crippen molar-refractivity contribution in [3.8, 4) is 5.75 Å². The third-order valence-electron chi connectivity index (χ3n) is 7.65. The van der Waals surface area contributed by atoms with E-state index in [0.717, 1.165) is 54.3 Å². The van der Waals surface area contributed by atoms with Crippen LogP contribution in [0.3, 0.4) is 0 Å². The molecular formula is C34H41N4O2+. The number of benzene rings is 2. The van der Waals surface area contributed by atoms with E-state index in [-0.39, 0.29) is 11.3 Å². The van der Waals surface area contributed by atoms with Gasteiger partial charge in [-0.3, -0.25) is 4.79 Å². The zero-order valence-corrected chi connectivity index (χ0v) is 24.2. The molecule has 1 atom stereocenters. The lowest BCUT2D eigenvalue weighted by molar-refractivity contribution is -0.125. The molecular weight excluding hydrogens is 496 g/mol. The van der Waals surface area contributed by atoms with E-state index >= 15 is 0 Å². The molecule has 0 spiro atoms. The molecule has 5 rings (SSSR count). The second-order valence-corrected chi connectivity index (χ2v) is 11.8. The van der Waals surface area contributed by atoms with Crippen LogP contribution in [0.2, 0.25) is 0 Å². The molecule has 0 fully saturated rings. The van der Waals surface area contributed by atoms with Crippen molar-refractivity contribution in [1.29, 1.82) is 0 Å². The first kappa shape index (κ1) is 27.6. The Labute approximate surface area is 238 Å². The summed E-state index contributed by atoms with van der Waals surface area (Å²) in [5, 5.41) is 12.9. The van der Waals surface area contributed by atoms with Crippen molar-refractivity contribution < 1.29 is 9.53 Å². The number of nitrogens with zero attached hydrogens (tertiary/aromatic N) is 2. The quantitative estimate of drug-likeness (QED) is 0.172. The maximum absolute atomic E-state index is 13.0. The summed E-state index contributed by atoms with van der Waals surface area (Å²) in [6, 6.07) is 16.7. The predicted molar refractivity (Wildman–Crippen MR) is 163 cm³/mol. The van der Waals surface area contributed by atoms with Crippen molar-refractivity contribution in [2.24, 2.45) is 11.0 Å². The van der Waals surface area contributed by atoms with E-state index < -0.39 is 0 Å². The van der Waals surface area contributed by atoms with E-state index in [1.165, 1.54) is 22.9 Å². The van der Waals surface area contributed by atoms with Crippen LogP contribution in [-0.4, -0.2) is 29.8 Å². The average molecular weight is 538 g/mol.